The molecule has 0 atom stereocenters. The molecule has 3 rings (SSSR count). The van der Waals surface area contributed by atoms with Gasteiger partial charge < -0.3 is 19.1 Å². The van der Waals surface area contributed by atoms with Crippen LogP contribution in [0.2, 0.25) is 0 Å². The highest BCUT2D eigenvalue weighted by Crippen LogP contribution is 2.32. The first-order chi connectivity index (χ1) is 12.5. The molecular weight excluding hydrogens is 332 g/mol. The molecule has 0 saturated carbocycles. The summed E-state index contributed by atoms with van der Waals surface area (Å²) in [6, 6.07) is 6.32. The number of hydrogen-bond acceptors (Lipinski definition) is 5. The number of nitrogens with zero attached hydrogens (tertiary/aromatic N) is 2. The van der Waals surface area contributed by atoms with Crippen LogP contribution >= 0.6 is 0 Å². The molecule has 2 fully saturated rings. The molecule has 0 aliphatic carbocycles. The number of amides is 1. The van der Waals surface area contributed by atoms with E-state index in [9.17, 15) is 4.79 Å². The number of carbonyl (C=O) groups excluding carboxylic acids is 1. The SMILES string of the molecule is COCC(=O)N1CCOC2(CCN(Cc3cc(C)ccc3OC)CC2)C1. The summed E-state index contributed by atoms with van der Waals surface area (Å²) in [5.41, 5.74) is 2.27. The third-order valence-corrected chi connectivity index (χ3v) is 5.47. The van der Waals surface area contributed by atoms with Gasteiger partial charge >= 0.3 is 0 Å². The van der Waals surface area contributed by atoms with Gasteiger partial charge in [0.05, 0.1) is 19.3 Å². The Hall–Kier alpha value is -1.63. The van der Waals surface area contributed by atoms with Crippen molar-refractivity contribution in [3.8, 4) is 5.75 Å². The average molecular weight is 362 g/mol. The minimum Gasteiger partial charge on any atom is -0.496 e. The van der Waals surface area contributed by atoms with Gasteiger partial charge in [-0.15, -0.1) is 0 Å². The lowest BCUT2D eigenvalue weighted by Gasteiger charge is -2.47. The minimum atomic E-state index is -0.200. The second-order valence-corrected chi connectivity index (χ2v) is 7.37. The maximum Gasteiger partial charge on any atom is 0.248 e. The van der Waals surface area contributed by atoms with Crippen molar-refractivity contribution < 1.29 is 19.0 Å². The number of hydrogen-bond donors (Lipinski definition) is 0. The average Bonchev–Trinajstić information content (AvgIpc) is 2.64. The normalized spacial score (nSPS) is 20.3. The van der Waals surface area contributed by atoms with Crippen LogP contribution in [0.5, 0.6) is 5.75 Å². The van der Waals surface area contributed by atoms with E-state index < -0.39 is 0 Å². The lowest BCUT2D eigenvalue weighted by Crippen LogP contribution is -2.58. The van der Waals surface area contributed by atoms with E-state index in [4.69, 9.17) is 14.2 Å². The zero-order valence-electron chi connectivity index (χ0n) is 16.1. The molecular formula is C20H30N2O4. The van der Waals surface area contributed by atoms with Crippen molar-refractivity contribution in [2.24, 2.45) is 0 Å². The van der Waals surface area contributed by atoms with Crippen molar-refractivity contribution in [2.45, 2.75) is 31.9 Å². The van der Waals surface area contributed by atoms with Crippen molar-refractivity contribution in [1.82, 2.24) is 9.80 Å². The zero-order valence-corrected chi connectivity index (χ0v) is 16.1. The number of methoxy groups -OCH3 is 2. The van der Waals surface area contributed by atoms with Crippen LogP contribution in [0.15, 0.2) is 18.2 Å². The van der Waals surface area contributed by atoms with Crippen LogP contribution in [-0.4, -0.2) is 74.9 Å². The standard InChI is InChI=1S/C20H30N2O4/c1-16-4-5-18(25-3)17(12-16)13-21-8-6-20(7-9-21)15-22(10-11-26-20)19(23)14-24-2/h4-5,12H,6-11,13-15H2,1-3H3. The molecule has 26 heavy (non-hydrogen) atoms. The molecule has 6 heteroatoms. The monoisotopic (exact) mass is 362 g/mol. The van der Waals surface area contributed by atoms with Crippen LogP contribution in [0, 0.1) is 6.92 Å². The van der Waals surface area contributed by atoms with Gasteiger partial charge in [0.15, 0.2) is 0 Å². The van der Waals surface area contributed by atoms with Crippen LogP contribution in [-0.2, 0) is 20.8 Å². The van der Waals surface area contributed by atoms with Crippen molar-refractivity contribution >= 4 is 5.91 Å². The van der Waals surface area contributed by atoms with E-state index in [-0.39, 0.29) is 18.1 Å². The number of morpholine rings is 1. The number of rotatable bonds is 5. The highest BCUT2D eigenvalue weighted by molar-refractivity contribution is 5.77. The summed E-state index contributed by atoms with van der Waals surface area (Å²) in [5, 5.41) is 0. The molecule has 0 aromatic heterocycles. The first-order valence-electron chi connectivity index (χ1n) is 9.32. The summed E-state index contributed by atoms with van der Waals surface area (Å²) in [5.74, 6) is 1.00. The first-order valence-corrected chi connectivity index (χ1v) is 9.32. The lowest BCUT2D eigenvalue weighted by atomic mass is 9.89. The first kappa shape index (κ1) is 19.1. The van der Waals surface area contributed by atoms with Gasteiger partial charge in [0, 0.05) is 45.4 Å². The van der Waals surface area contributed by atoms with Gasteiger partial charge in [-0.1, -0.05) is 17.7 Å². The highest BCUT2D eigenvalue weighted by Gasteiger charge is 2.40. The van der Waals surface area contributed by atoms with Gasteiger partial charge in [-0.3, -0.25) is 9.69 Å². The predicted molar refractivity (Wildman–Crippen MR) is 99.4 cm³/mol. The molecule has 144 valence electrons. The Bertz CT molecular complexity index is 626. The van der Waals surface area contributed by atoms with Crippen molar-refractivity contribution in [2.75, 3.05) is 53.6 Å². The van der Waals surface area contributed by atoms with Crippen LogP contribution < -0.4 is 4.74 Å². The molecule has 2 aliphatic heterocycles. The Morgan fingerprint density at radius 3 is 2.69 bits per heavy atom. The maximum absolute atomic E-state index is 12.2. The molecule has 2 saturated heterocycles. The van der Waals surface area contributed by atoms with Crippen LogP contribution in [0.1, 0.15) is 24.0 Å². The van der Waals surface area contributed by atoms with E-state index in [2.05, 4.69) is 24.0 Å². The van der Waals surface area contributed by atoms with E-state index in [0.717, 1.165) is 38.2 Å². The fraction of sp³-hybridized carbons (Fsp3) is 0.650. The number of ether oxygens (including phenoxy) is 3. The molecule has 6 nitrogen and oxygen atoms in total. The van der Waals surface area contributed by atoms with Crippen molar-refractivity contribution in [1.29, 1.82) is 0 Å². The van der Waals surface area contributed by atoms with Crippen LogP contribution in [0.25, 0.3) is 0 Å². The van der Waals surface area contributed by atoms with E-state index in [0.29, 0.717) is 19.7 Å². The topological polar surface area (TPSA) is 51.2 Å². The Balaban J connectivity index is 1.59. The predicted octanol–water partition coefficient (Wildman–Crippen LogP) is 1.84. The summed E-state index contributed by atoms with van der Waals surface area (Å²) >= 11 is 0. The number of likely N-dealkylation sites (tertiary alicyclic amines) is 1. The number of aryl methyl sites for hydroxylation is 1. The lowest BCUT2D eigenvalue weighted by molar-refractivity contribution is -0.162. The molecule has 1 amide bonds. The number of benzene rings is 1. The second-order valence-electron chi connectivity index (χ2n) is 7.37. The Labute approximate surface area is 156 Å². The zero-order chi connectivity index (χ0) is 18.6. The van der Waals surface area contributed by atoms with Gasteiger partial charge in [-0.05, 0) is 25.8 Å². The van der Waals surface area contributed by atoms with Gasteiger partial charge in [0.1, 0.15) is 12.4 Å². The molecule has 2 heterocycles. The van der Waals surface area contributed by atoms with Gasteiger partial charge in [-0.2, -0.15) is 0 Å². The van der Waals surface area contributed by atoms with Gasteiger partial charge in [0.25, 0.3) is 0 Å². The third-order valence-electron chi connectivity index (χ3n) is 5.47. The van der Waals surface area contributed by atoms with Crippen molar-refractivity contribution in [3.05, 3.63) is 29.3 Å². The minimum absolute atomic E-state index is 0.0575. The van der Waals surface area contributed by atoms with Gasteiger partial charge in [0.2, 0.25) is 5.91 Å². The smallest absolute Gasteiger partial charge is 0.248 e. The highest BCUT2D eigenvalue weighted by atomic mass is 16.5. The third kappa shape index (κ3) is 4.37. The Morgan fingerprint density at radius 2 is 2.00 bits per heavy atom. The van der Waals surface area contributed by atoms with Gasteiger partial charge in [-0.25, -0.2) is 0 Å². The van der Waals surface area contributed by atoms with Crippen LogP contribution in [0.4, 0.5) is 0 Å². The van der Waals surface area contributed by atoms with Crippen molar-refractivity contribution in [3.63, 3.8) is 0 Å². The summed E-state index contributed by atoms with van der Waals surface area (Å²) < 4.78 is 16.6. The summed E-state index contributed by atoms with van der Waals surface area (Å²) in [7, 11) is 3.28. The Kier molecular flexibility index (Phi) is 6.16. The summed E-state index contributed by atoms with van der Waals surface area (Å²) in [4.78, 5) is 16.5. The fourth-order valence-corrected chi connectivity index (χ4v) is 3.97. The summed E-state index contributed by atoms with van der Waals surface area (Å²) in [6.45, 7) is 7.01. The largest absolute Gasteiger partial charge is 0.496 e. The molecule has 0 bridgehead atoms. The van der Waals surface area contributed by atoms with E-state index in [1.807, 2.05) is 11.0 Å². The maximum atomic E-state index is 12.2. The number of carbonyl (C=O) groups is 1. The number of piperidine rings is 1. The van der Waals surface area contributed by atoms with Crippen LogP contribution in [0.3, 0.4) is 0 Å². The Morgan fingerprint density at radius 1 is 1.23 bits per heavy atom. The van der Waals surface area contributed by atoms with E-state index in [1.165, 1.54) is 11.1 Å². The van der Waals surface area contributed by atoms with E-state index in [1.54, 1.807) is 14.2 Å². The summed E-state index contributed by atoms with van der Waals surface area (Å²) in [6.07, 6.45) is 1.88. The second kappa shape index (κ2) is 8.37. The quantitative estimate of drug-likeness (QED) is 0.800. The molecule has 1 aromatic carbocycles. The molecule has 1 spiro atoms. The fourth-order valence-electron chi connectivity index (χ4n) is 3.97. The molecule has 0 N–H and O–H groups in total. The molecule has 0 radical (unpaired) electrons. The van der Waals surface area contributed by atoms with E-state index >= 15 is 0 Å². The molecule has 1 aromatic rings. The molecule has 0 unspecified atom stereocenters. The molecule has 2 aliphatic rings.